The molecule has 1 aliphatic heterocycles. The minimum atomic E-state index is 0.0185. The maximum atomic E-state index is 12.4. The van der Waals surface area contributed by atoms with Gasteiger partial charge in [0.2, 0.25) is 0 Å². The van der Waals surface area contributed by atoms with Gasteiger partial charge in [-0.2, -0.15) is 0 Å². The van der Waals surface area contributed by atoms with Crippen molar-refractivity contribution in [2.45, 2.75) is 39.5 Å². The molecule has 1 fully saturated rings. The Labute approximate surface area is 108 Å². The van der Waals surface area contributed by atoms with E-state index >= 15 is 0 Å². The van der Waals surface area contributed by atoms with Gasteiger partial charge in [-0.15, -0.1) is 0 Å². The monoisotopic (exact) mass is 244 g/mol. The molecular formula is C16H20O2. The molecule has 1 aliphatic carbocycles. The summed E-state index contributed by atoms with van der Waals surface area (Å²) in [5.74, 6) is 1.44. The first-order chi connectivity index (χ1) is 8.31. The van der Waals surface area contributed by atoms with Crippen molar-refractivity contribution >= 4 is 5.78 Å². The third-order valence-electron chi connectivity index (χ3n) is 4.41. The zero-order valence-electron chi connectivity index (χ0n) is 11.5. The van der Waals surface area contributed by atoms with E-state index in [0.29, 0.717) is 12.4 Å². The third-order valence-corrected chi connectivity index (χ3v) is 4.41. The lowest BCUT2D eigenvalue weighted by molar-refractivity contribution is 0.0953. The highest BCUT2D eigenvalue weighted by Gasteiger charge is 2.50. The summed E-state index contributed by atoms with van der Waals surface area (Å²) in [6, 6.07) is 5.91. The van der Waals surface area contributed by atoms with Crippen LogP contribution in [-0.2, 0) is 5.41 Å². The number of fused-ring (bicyclic) bond motifs is 1. The Bertz CT molecular complexity index is 526. The number of ketones is 1. The molecule has 0 radical (unpaired) electrons. The third kappa shape index (κ3) is 1.66. The number of carbonyl (C=O) groups excluding carboxylic acids is 1. The molecule has 0 amide bonds. The molecule has 1 atom stereocenters. The molecule has 0 N–H and O–H groups in total. The zero-order valence-corrected chi connectivity index (χ0v) is 11.5. The van der Waals surface area contributed by atoms with Gasteiger partial charge in [-0.05, 0) is 30.0 Å². The molecule has 3 rings (SSSR count). The average molecular weight is 244 g/mol. The van der Waals surface area contributed by atoms with Crippen molar-refractivity contribution in [1.29, 1.82) is 0 Å². The van der Waals surface area contributed by atoms with Gasteiger partial charge in [-0.1, -0.05) is 27.7 Å². The van der Waals surface area contributed by atoms with Gasteiger partial charge in [0.1, 0.15) is 5.75 Å². The van der Waals surface area contributed by atoms with E-state index in [-0.39, 0.29) is 16.7 Å². The predicted molar refractivity (Wildman–Crippen MR) is 71.2 cm³/mol. The highest BCUT2D eigenvalue weighted by Crippen LogP contribution is 2.53. The van der Waals surface area contributed by atoms with Gasteiger partial charge in [0.25, 0.3) is 0 Å². The number of carbonyl (C=O) groups is 1. The van der Waals surface area contributed by atoms with Gasteiger partial charge in [-0.25, -0.2) is 0 Å². The SMILES string of the molecule is CC1(C)COc2ccc(C(=O)C3CC3(C)C)cc21. The van der Waals surface area contributed by atoms with Gasteiger partial charge in [0.15, 0.2) is 5.78 Å². The van der Waals surface area contributed by atoms with Crippen LogP contribution in [0.25, 0.3) is 0 Å². The lowest BCUT2D eigenvalue weighted by atomic mass is 9.85. The summed E-state index contributed by atoms with van der Waals surface area (Å²) in [4.78, 5) is 12.4. The first kappa shape index (κ1) is 11.8. The van der Waals surface area contributed by atoms with Crippen LogP contribution in [0.5, 0.6) is 5.75 Å². The number of rotatable bonds is 2. The lowest BCUT2D eigenvalue weighted by Crippen LogP contribution is -2.18. The van der Waals surface area contributed by atoms with Crippen molar-refractivity contribution in [2.75, 3.05) is 6.61 Å². The molecule has 96 valence electrons. The van der Waals surface area contributed by atoms with Crippen LogP contribution in [0.3, 0.4) is 0 Å². The number of hydrogen-bond donors (Lipinski definition) is 0. The molecule has 1 aromatic rings. The smallest absolute Gasteiger partial charge is 0.166 e. The number of ether oxygens (including phenoxy) is 1. The summed E-state index contributed by atoms with van der Waals surface area (Å²) in [6.45, 7) is 9.35. The van der Waals surface area contributed by atoms with Crippen LogP contribution in [0.15, 0.2) is 18.2 Å². The predicted octanol–water partition coefficient (Wildman–Crippen LogP) is 3.59. The van der Waals surface area contributed by atoms with E-state index in [1.165, 1.54) is 5.56 Å². The Morgan fingerprint density at radius 3 is 2.56 bits per heavy atom. The fourth-order valence-electron chi connectivity index (χ4n) is 2.79. The van der Waals surface area contributed by atoms with Crippen LogP contribution < -0.4 is 4.74 Å². The molecule has 1 heterocycles. The van der Waals surface area contributed by atoms with E-state index in [2.05, 4.69) is 27.7 Å². The molecule has 18 heavy (non-hydrogen) atoms. The van der Waals surface area contributed by atoms with E-state index in [1.54, 1.807) is 0 Å². The van der Waals surface area contributed by atoms with Crippen LogP contribution in [-0.4, -0.2) is 12.4 Å². The zero-order chi connectivity index (χ0) is 13.1. The summed E-state index contributed by atoms with van der Waals surface area (Å²) < 4.78 is 5.65. The quantitative estimate of drug-likeness (QED) is 0.743. The van der Waals surface area contributed by atoms with Crippen LogP contribution in [0.2, 0.25) is 0 Å². The fraction of sp³-hybridized carbons (Fsp3) is 0.562. The van der Waals surface area contributed by atoms with Crippen molar-refractivity contribution in [1.82, 2.24) is 0 Å². The summed E-state index contributed by atoms with van der Waals surface area (Å²) in [6.07, 6.45) is 1.02. The van der Waals surface area contributed by atoms with Crippen LogP contribution >= 0.6 is 0 Å². The van der Waals surface area contributed by atoms with Crippen molar-refractivity contribution in [3.63, 3.8) is 0 Å². The number of hydrogen-bond acceptors (Lipinski definition) is 2. The second-order valence-corrected chi connectivity index (χ2v) is 6.99. The first-order valence-electron chi connectivity index (χ1n) is 6.63. The Morgan fingerprint density at radius 1 is 1.28 bits per heavy atom. The van der Waals surface area contributed by atoms with E-state index in [0.717, 1.165) is 17.7 Å². The van der Waals surface area contributed by atoms with Crippen LogP contribution in [0, 0.1) is 11.3 Å². The molecule has 0 spiro atoms. The number of benzene rings is 1. The van der Waals surface area contributed by atoms with Crippen molar-refractivity contribution in [3.05, 3.63) is 29.3 Å². The molecule has 0 aromatic heterocycles. The fourth-order valence-corrected chi connectivity index (χ4v) is 2.79. The van der Waals surface area contributed by atoms with Gasteiger partial charge in [0, 0.05) is 22.5 Å². The Balaban J connectivity index is 1.94. The maximum absolute atomic E-state index is 12.4. The van der Waals surface area contributed by atoms with Crippen molar-refractivity contribution in [2.24, 2.45) is 11.3 Å². The summed E-state index contributed by atoms with van der Waals surface area (Å²) in [5.41, 5.74) is 2.24. The summed E-state index contributed by atoms with van der Waals surface area (Å²) in [7, 11) is 0. The first-order valence-corrected chi connectivity index (χ1v) is 6.63. The van der Waals surface area contributed by atoms with Crippen molar-refractivity contribution in [3.8, 4) is 5.75 Å². The van der Waals surface area contributed by atoms with Gasteiger partial charge in [0.05, 0.1) is 6.61 Å². The average Bonchev–Trinajstić information content (AvgIpc) is 2.83. The topological polar surface area (TPSA) is 26.3 Å². The summed E-state index contributed by atoms with van der Waals surface area (Å²) >= 11 is 0. The second kappa shape index (κ2) is 3.37. The van der Waals surface area contributed by atoms with E-state index < -0.39 is 0 Å². The van der Waals surface area contributed by atoms with Gasteiger partial charge in [-0.3, -0.25) is 4.79 Å². The molecule has 0 saturated heterocycles. The molecule has 2 nitrogen and oxygen atoms in total. The normalized spacial score (nSPS) is 26.3. The maximum Gasteiger partial charge on any atom is 0.166 e. The highest BCUT2D eigenvalue weighted by atomic mass is 16.5. The van der Waals surface area contributed by atoms with E-state index in [1.807, 2.05) is 18.2 Å². The minimum Gasteiger partial charge on any atom is -0.492 e. The largest absolute Gasteiger partial charge is 0.492 e. The van der Waals surface area contributed by atoms with Crippen molar-refractivity contribution < 1.29 is 9.53 Å². The molecule has 0 bridgehead atoms. The Kier molecular flexibility index (Phi) is 2.20. The van der Waals surface area contributed by atoms with E-state index in [4.69, 9.17) is 4.74 Å². The van der Waals surface area contributed by atoms with E-state index in [9.17, 15) is 4.79 Å². The lowest BCUT2D eigenvalue weighted by Gasteiger charge is -2.15. The second-order valence-electron chi connectivity index (χ2n) is 6.99. The summed E-state index contributed by atoms with van der Waals surface area (Å²) in [5, 5.41) is 0. The Morgan fingerprint density at radius 2 is 1.94 bits per heavy atom. The molecule has 1 saturated carbocycles. The minimum absolute atomic E-state index is 0.0185. The van der Waals surface area contributed by atoms with Gasteiger partial charge >= 0.3 is 0 Å². The highest BCUT2D eigenvalue weighted by molar-refractivity contribution is 6.00. The van der Waals surface area contributed by atoms with Gasteiger partial charge < -0.3 is 4.74 Å². The molecule has 1 unspecified atom stereocenters. The molecular weight excluding hydrogens is 224 g/mol. The molecule has 1 aromatic carbocycles. The molecule has 2 aliphatic rings. The van der Waals surface area contributed by atoms with Crippen LogP contribution in [0.1, 0.15) is 50.0 Å². The Hall–Kier alpha value is -1.31. The van der Waals surface area contributed by atoms with Crippen LogP contribution in [0.4, 0.5) is 0 Å². The standard InChI is InChI=1S/C16H20O2/c1-15(2)8-12(15)14(17)10-5-6-13-11(7-10)16(3,4)9-18-13/h5-7,12H,8-9H2,1-4H3. The molecule has 2 heteroatoms. The number of Topliss-reactive ketones (excluding diaryl/α,β-unsaturated/α-hetero) is 1.